The van der Waals surface area contributed by atoms with E-state index in [4.69, 9.17) is 4.74 Å². The van der Waals surface area contributed by atoms with Crippen LogP contribution in [-0.4, -0.2) is 26.9 Å². The van der Waals surface area contributed by atoms with Gasteiger partial charge in [0.2, 0.25) is 0 Å². The van der Waals surface area contributed by atoms with Crippen LogP contribution in [0.15, 0.2) is 11.6 Å². The Kier molecular flexibility index (Phi) is 6.20. The van der Waals surface area contributed by atoms with Crippen LogP contribution in [0.5, 0.6) is 0 Å². The SMILES string of the molecule is CC1(C)C(OC(=O)I)CC[C@@]2(C)C1CC[C@]1(C)C2C(=O)C=C2C3C[C@@](C)(C(=O)O)CC[C@]3(C)CC[C@]21C. The first-order valence-electron chi connectivity index (χ1n) is 14.3. The Morgan fingerprint density at radius 1 is 0.946 bits per heavy atom. The van der Waals surface area contributed by atoms with Gasteiger partial charge in [-0.1, -0.05) is 47.1 Å². The molecule has 5 rings (SSSR count). The van der Waals surface area contributed by atoms with Crippen LogP contribution in [0.1, 0.15) is 106 Å². The van der Waals surface area contributed by atoms with Crippen molar-refractivity contribution in [3.05, 3.63) is 11.6 Å². The normalized spacial score (nSPS) is 50.5. The summed E-state index contributed by atoms with van der Waals surface area (Å²) < 4.78 is 5.56. The highest BCUT2D eigenvalue weighted by atomic mass is 127. The van der Waals surface area contributed by atoms with E-state index in [0.29, 0.717) is 18.8 Å². The maximum absolute atomic E-state index is 14.4. The zero-order chi connectivity index (χ0) is 27.4. The Bertz CT molecular complexity index is 1080. The number of fused-ring (bicyclic) bond motifs is 7. The molecule has 5 aliphatic rings. The second-order valence-corrected chi connectivity index (χ2v) is 16.1. The zero-order valence-electron chi connectivity index (χ0n) is 23.7. The van der Waals surface area contributed by atoms with Crippen LogP contribution in [0.3, 0.4) is 0 Å². The highest BCUT2D eigenvalue weighted by Crippen LogP contribution is 2.75. The molecule has 0 amide bonds. The van der Waals surface area contributed by atoms with Gasteiger partial charge < -0.3 is 9.84 Å². The number of carbonyl (C=O) groups excluding carboxylic acids is 2. The van der Waals surface area contributed by atoms with Crippen molar-refractivity contribution < 1.29 is 24.2 Å². The average Bonchev–Trinajstić information content (AvgIpc) is 2.78. The molecule has 5 aliphatic carbocycles. The minimum Gasteiger partial charge on any atom is -0.481 e. The number of carboxylic acid groups (broad SMARTS) is 1. The molecule has 0 heterocycles. The van der Waals surface area contributed by atoms with E-state index >= 15 is 0 Å². The lowest BCUT2D eigenvalue weighted by atomic mass is 9.33. The topological polar surface area (TPSA) is 80.7 Å². The fourth-order valence-corrected chi connectivity index (χ4v) is 11.0. The maximum Gasteiger partial charge on any atom is 0.367 e. The van der Waals surface area contributed by atoms with Crippen molar-refractivity contribution in [2.45, 2.75) is 112 Å². The standard InChI is InChI=1S/C31H45IO5/c1-26(2)21-8-11-31(7)23(29(21,5)10-9-22(26)37-25(32)36)20(33)16-18-19-17-28(4,24(34)35)13-12-27(19,3)14-15-30(18,31)6/h16,19,21-23H,8-15,17H2,1-7H3,(H,34,35)/t19?,21?,22?,23?,27-,28+,29+,30-,31-/m1/s1. The molecule has 37 heavy (non-hydrogen) atoms. The van der Waals surface area contributed by atoms with Crippen molar-refractivity contribution in [1.82, 2.24) is 0 Å². The van der Waals surface area contributed by atoms with Crippen LogP contribution in [0.4, 0.5) is 4.79 Å². The lowest BCUT2D eigenvalue weighted by Gasteiger charge is -2.70. The van der Waals surface area contributed by atoms with Crippen molar-refractivity contribution in [2.24, 2.45) is 50.2 Å². The molecule has 5 nitrogen and oxygen atoms in total. The minimum atomic E-state index is -0.730. The summed E-state index contributed by atoms with van der Waals surface area (Å²) in [5.74, 6) is -0.0682. The summed E-state index contributed by atoms with van der Waals surface area (Å²) in [6.45, 7) is 15.9. The summed E-state index contributed by atoms with van der Waals surface area (Å²) in [6.07, 6.45) is 9.99. The number of ketones is 1. The Balaban J connectivity index is 1.58. The van der Waals surface area contributed by atoms with Crippen molar-refractivity contribution in [2.75, 3.05) is 0 Å². The highest BCUT2D eigenvalue weighted by Gasteiger charge is 2.70. The van der Waals surface area contributed by atoms with E-state index in [0.717, 1.165) is 44.9 Å². The fraction of sp³-hybridized carbons (Fsp3) is 0.839. The third-order valence-electron chi connectivity index (χ3n) is 13.3. The van der Waals surface area contributed by atoms with Crippen molar-refractivity contribution in [3.63, 3.8) is 0 Å². The molecule has 0 saturated heterocycles. The van der Waals surface area contributed by atoms with Crippen molar-refractivity contribution in [3.8, 4) is 0 Å². The summed E-state index contributed by atoms with van der Waals surface area (Å²) >= 11 is 1.73. The van der Waals surface area contributed by atoms with Crippen molar-refractivity contribution >= 4 is 38.3 Å². The van der Waals surface area contributed by atoms with Crippen LogP contribution in [0.2, 0.25) is 0 Å². The lowest BCUT2D eigenvalue weighted by Crippen LogP contribution is -2.66. The Morgan fingerprint density at radius 3 is 2.22 bits per heavy atom. The van der Waals surface area contributed by atoms with Crippen LogP contribution in [0.25, 0.3) is 0 Å². The zero-order valence-corrected chi connectivity index (χ0v) is 25.9. The molecule has 4 fully saturated rings. The molecule has 0 spiro atoms. The van der Waals surface area contributed by atoms with E-state index < -0.39 is 11.4 Å². The van der Waals surface area contributed by atoms with Gasteiger partial charge in [-0.05, 0) is 104 Å². The number of allylic oxidation sites excluding steroid dienone is 2. The average molecular weight is 625 g/mol. The second-order valence-electron chi connectivity index (χ2n) is 15.3. The molecule has 1 N–H and O–H groups in total. The molecule has 4 saturated carbocycles. The van der Waals surface area contributed by atoms with E-state index in [2.05, 4.69) is 41.5 Å². The minimum absolute atomic E-state index is 0.0637. The molecule has 206 valence electrons. The van der Waals surface area contributed by atoms with Crippen LogP contribution in [0, 0.1) is 50.2 Å². The lowest BCUT2D eigenvalue weighted by molar-refractivity contribution is -0.201. The summed E-state index contributed by atoms with van der Waals surface area (Å²) in [4.78, 5) is 38.5. The molecule has 0 aromatic carbocycles. The number of rotatable bonds is 2. The van der Waals surface area contributed by atoms with Gasteiger partial charge in [0.05, 0.1) is 28.0 Å². The van der Waals surface area contributed by atoms with E-state index in [1.54, 1.807) is 22.6 Å². The number of hydrogen-bond acceptors (Lipinski definition) is 4. The third-order valence-corrected chi connectivity index (χ3v) is 13.5. The fourth-order valence-electron chi connectivity index (χ4n) is 10.7. The predicted octanol–water partition coefficient (Wildman–Crippen LogP) is 7.99. The largest absolute Gasteiger partial charge is 0.481 e. The van der Waals surface area contributed by atoms with E-state index in [1.165, 1.54) is 5.57 Å². The van der Waals surface area contributed by atoms with Gasteiger partial charge in [-0.25, -0.2) is 4.79 Å². The molecular formula is C31H45IO5. The molecule has 0 aliphatic heterocycles. The van der Waals surface area contributed by atoms with E-state index in [-0.39, 0.29) is 54.8 Å². The number of ether oxygens (including phenoxy) is 1. The van der Waals surface area contributed by atoms with Crippen LogP contribution in [-0.2, 0) is 14.3 Å². The predicted molar refractivity (Wildman–Crippen MR) is 151 cm³/mol. The first-order valence-corrected chi connectivity index (χ1v) is 15.4. The Morgan fingerprint density at radius 2 is 1.59 bits per heavy atom. The molecule has 0 aromatic heterocycles. The molecule has 0 radical (unpaired) electrons. The number of carbonyl (C=O) groups is 3. The third kappa shape index (κ3) is 3.61. The summed E-state index contributed by atoms with van der Waals surface area (Å²) in [6, 6.07) is 0. The molecule has 9 atom stereocenters. The van der Waals surface area contributed by atoms with Gasteiger partial charge in [0.15, 0.2) is 5.78 Å². The van der Waals surface area contributed by atoms with Crippen LogP contribution >= 0.6 is 22.6 Å². The smallest absolute Gasteiger partial charge is 0.367 e. The molecule has 0 aromatic rings. The summed E-state index contributed by atoms with van der Waals surface area (Å²) in [5, 5.41) is 10.1. The van der Waals surface area contributed by atoms with Gasteiger partial charge in [0, 0.05) is 11.3 Å². The summed E-state index contributed by atoms with van der Waals surface area (Å²) in [5.41, 5.74) is -0.0449. The monoisotopic (exact) mass is 624 g/mol. The number of halogens is 1. The van der Waals surface area contributed by atoms with Gasteiger partial charge in [0.25, 0.3) is 0 Å². The first kappa shape index (κ1) is 27.6. The quantitative estimate of drug-likeness (QED) is 0.249. The molecule has 6 heteroatoms. The van der Waals surface area contributed by atoms with Crippen molar-refractivity contribution in [1.29, 1.82) is 0 Å². The van der Waals surface area contributed by atoms with E-state index in [9.17, 15) is 19.5 Å². The molecule has 0 bridgehead atoms. The summed E-state index contributed by atoms with van der Waals surface area (Å²) in [7, 11) is 0. The molecular weight excluding hydrogens is 579 g/mol. The second kappa shape index (κ2) is 8.30. The van der Waals surface area contributed by atoms with Crippen LogP contribution < -0.4 is 0 Å². The van der Waals surface area contributed by atoms with Gasteiger partial charge >= 0.3 is 9.95 Å². The maximum atomic E-state index is 14.4. The first-order chi connectivity index (χ1) is 16.9. The van der Waals surface area contributed by atoms with E-state index in [1.807, 2.05) is 13.0 Å². The Labute approximate surface area is 236 Å². The van der Waals surface area contributed by atoms with Gasteiger partial charge in [-0.15, -0.1) is 0 Å². The molecule has 4 unspecified atom stereocenters. The number of carboxylic acids is 1. The van der Waals surface area contributed by atoms with Gasteiger partial charge in [-0.3, -0.25) is 9.59 Å². The highest BCUT2D eigenvalue weighted by molar-refractivity contribution is 14.1. The Hall–Kier alpha value is -0.920. The van der Waals surface area contributed by atoms with Gasteiger partial charge in [-0.2, -0.15) is 0 Å². The number of aliphatic carboxylic acids is 1. The van der Waals surface area contributed by atoms with Gasteiger partial charge in [0.1, 0.15) is 6.10 Å². The number of hydrogen-bond donors (Lipinski definition) is 1.